The van der Waals surface area contributed by atoms with Gasteiger partial charge in [-0.05, 0) is 25.1 Å². The van der Waals surface area contributed by atoms with Gasteiger partial charge in [-0.2, -0.15) is 0 Å². The van der Waals surface area contributed by atoms with Crippen molar-refractivity contribution in [2.45, 2.75) is 43.7 Å². The summed E-state index contributed by atoms with van der Waals surface area (Å²) in [5.74, 6) is 0. The maximum atomic E-state index is 11.5. The second-order valence-electron chi connectivity index (χ2n) is 7.72. The molecule has 7 nitrogen and oxygen atoms in total. The standard InChI is InChI=1S/C23H23NO6/c1-13-20(24-16-9-7-14-8-10-19(25)29-17(14)11-16)21(26)22-18(28-13)12-27-23(30-22)15-5-3-2-4-6-15/h2-11,13,18,20-24,26H,12H2,1H3/t13-,18?,20?,21-,22-,23?/m0/s1. The predicted octanol–water partition coefficient (Wildman–Crippen LogP) is 2.84. The molecule has 2 aliphatic heterocycles. The average molecular weight is 409 g/mol. The van der Waals surface area contributed by atoms with Crippen molar-refractivity contribution in [2.75, 3.05) is 11.9 Å². The first-order valence-electron chi connectivity index (χ1n) is 10.0. The molecule has 0 amide bonds. The molecule has 6 atom stereocenters. The minimum absolute atomic E-state index is 0.278. The molecule has 3 heterocycles. The van der Waals surface area contributed by atoms with Gasteiger partial charge in [0.15, 0.2) is 6.29 Å². The molecule has 1 aromatic heterocycles. The SMILES string of the molecule is C[C@@H]1OC2COC(c3ccccc3)O[C@@H]2[C@@H](O)C1Nc1ccc2ccc(=O)oc2c1. The van der Waals surface area contributed by atoms with Crippen LogP contribution in [0.15, 0.2) is 69.9 Å². The van der Waals surface area contributed by atoms with Crippen molar-refractivity contribution in [2.24, 2.45) is 0 Å². The lowest BCUT2D eigenvalue weighted by molar-refractivity contribution is -0.310. The first-order chi connectivity index (χ1) is 14.6. The van der Waals surface area contributed by atoms with Gasteiger partial charge in [0.2, 0.25) is 0 Å². The van der Waals surface area contributed by atoms with E-state index in [1.807, 2.05) is 49.4 Å². The molecule has 2 aliphatic rings. The summed E-state index contributed by atoms with van der Waals surface area (Å²) in [5, 5.41) is 15.3. The summed E-state index contributed by atoms with van der Waals surface area (Å²) in [4.78, 5) is 11.5. The van der Waals surface area contributed by atoms with Crippen LogP contribution in [-0.2, 0) is 14.2 Å². The van der Waals surface area contributed by atoms with E-state index < -0.39 is 30.2 Å². The topological polar surface area (TPSA) is 90.2 Å². The Bertz CT molecular complexity index is 1080. The van der Waals surface area contributed by atoms with Crippen LogP contribution >= 0.6 is 0 Å². The lowest BCUT2D eigenvalue weighted by Crippen LogP contribution is -2.63. The summed E-state index contributed by atoms with van der Waals surface area (Å²) in [7, 11) is 0. The first kappa shape index (κ1) is 19.3. The summed E-state index contributed by atoms with van der Waals surface area (Å²) in [6.45, 7) is 2.25. The van der Waals surface area contributed by atoms with E-state index in [0.717, 1.165) is 16.6 Å². The maximum Gasteiger partial charge on any atom is 0.336 e. The Kier molecular flexibility index (Phi) is 5.04. The van der Waals surface area contributed by atoms with Crippen LogP contribution in [0.4, 0.5) is 5.69 Å². The van der Waals surface area contributed by atoms with E-state index in [2.05, 4.69) is 5.32 Å². The minimum Gasteiger partial charge on any atom is -0.423 e. The molecule has 3 unspecified atom stereocenters. The number of hydrogen-bond donors (Lipinski definition) is 2. The fourth-order valence-electron chi connectivity index (χ4n) is 4.14. The van der Waals surface area contributed by atoms with E-state index in [1.165, 1.54) is 6.07 Å². The van der Waals surface area contributed by atoms with Crippen LogP contribution in [0.5, 0.6) is 0 Å². The van der Waals surface area contributed by atoms with E-state index >= 15 is 0 Å². The molecule has 5 rings (SSSR count). The van der Waals surface area contributed by atoms with Crippen LogP contribution in [0, 0.1) is 0 Å². The number of ether oxygens (including phenoxy) is 3. The summed E-state index contributed by atoms with van der Waals surface area (Å²) in [6, 6.07) is 17.8. The summed E-state index contributed by atoms with van der Waals surface area (Å²) in [5.41, 5.74) is 1.70. The van der Waals surface area contributed by atoms with Crippen LogP contribution in [0.3, 0.4) is 0 Å². The highest BCUT2D eigenvalue weighted by Gasteiger charge is 2.48. The van der Waals surface area contributed by atoms with Crippen molar-refractivity contribution in [1.29, 1.82) is 0 Å². The van der Waals surface area contributed by atoms with E-state index in [4.69, 9.17) is 18.6 Å². The zero-order valence-corrected chi connectivity index (χ0v) is 16.4. The number of nitrogens with one attached hydrogen (secondary N) is 1. The second kappa shape index (κ2) is 7.85. The first-order valence-corrected chi connectivity index (χ1v) is 10.0. The molecular formula is C23H23NO6. The van der Waals surface area contributed by atoms with Gasteiger partial charge in [0, 0.05) is 28.8 Å². The molecule has 2 aromatic carbocycles. The van der Waals surface area contributed by atoms with Crippen molar-refractivity contribution in [3.8, 4) is 0 Å². The quantitative estimate of drug-likeness (QED) is 0.643. The molecule has 2 saturated heterocycles. The van der Waals surface area contributed by atoms with Crippen LogP contribution in [0.1, 0.15) is 18.8 Å². The second-order valence-corrected chi connectivity index (χ2v) is 7.72. The number of hydrogen-bond acceptors (Lipinski definition) is 7. The van der Waals surface area contributed by atoms with Gasteiger partial charge in [-0.1, -0.05) is 30.3 Å². The highest BCUT2D eigenvalue weighted by molar-refractivity contribution is 5.80. The molecule has 2 N–H and O–H groups in total. The highest BCUT2D eigenvalue weighted by Crippen LogP contribution is 2.35. The number of aliphatic hydroxyl groups is 1. The molecule has 7 heteroatoms. The Hall–Kier alpha value is -2.71. The minimum atomic E-state index is -0.813. The van der Waals surface area contributed by atoms with Gasteiger partial charge in [0.05, 0.1) is 18.8 Å². The van der Waals surface area contributed by atoms with Gasteiger partial charge in [-0.15, -0.1) is 0 Å². The van der Waals surface area contributed by atoms with E-state index in [9.17, 15) is 9.90 Å². The monoisotopic (exact) mass is 409 g/mol. The Morgan fingerprint density at radius 1 is 1.03 bits per heavy atom. The van der Waals surface area contributed by atoms with Gasteiger partial charge >= 0.3 is 5.63 Å². The third-order valence-electron chi connectivity index (χ3n) is 5.69. The van der Waals surface area contributed by atoms with Crippen LogP contribution in [-0.4, -0.2) is 42.2 Å². The van der Waals surface area contributed by atoms with Gasteiger partial charge < -0.3 is 29.1 Å². The predicted molar refractivity (Wildman–Crippen MR) is 110 cm³/mol. The molecule has 0 aliphatic carbocycles. The molecule has 30 heavy (non-hydrogen) atoms. The van der Waals surface area contributed by atoms with Gasteiger partial charge in [0.25, 0.3) is 0 Å². The fourth-order valence-corrected chi connectivity index (χ4v) is 4.14. The Labute approximate surface area is 173 Å². The number of rotatable bonds is 3. The Morgan fingerprint density at radius 3 is 2.67 bits per heavy atom. The Balaban J connectivity index is 1.36. The van der Waals surface area contributed by atoms with E-state index in [0.29, 0.717) is 12.2 Å². The lowest BCUT2D eigenvalue weighted by atomic mass is 9.92. The summed E-state index contributed by atoms with van der Waals surface area (Å²) < 4.78 is 23.3. The van der Waals surface area contributed by atoms with Crippen molar-refractivity contribution in [1.82, 2.24) is 0 Å². The largest absolute Gasteiger partial charge is 0.423 e. The molecule has 156 valence electrons. The molecule has 0 spiro atoms. The molecular weight excluding hydrogens is 386 g/mol. The average Bonchev–Trinajstić information content (AvgIpc) is 2.77. The smallest absolute Gasteiger partial charge is 0.336 e. The summed E-state index contributed by atoms with van der Waals surface area (Å²) in [6.07, 6.45) is -2.51. The number of anilines is 1. The summed E-state index contributed by atoms with van der Waals surface area (Å²) >= 11 is 0. The molecule has 0 bridgehead atoms. The van der Waals surface area contributed by atoms with E-state index in [-0.39, 0.29) is 12.2 Å². The molecule has 2 fully saturated rings. The maximum absolute atomic E-state index is 11.5. The van der Waals surface area contributed by atoms with Crippen molar-refractivity contribution in [3.63, 3.8) is 0 Å². The third-order valence-corrected chi connectivity index (χ3v) is 5.69. The normalized spacial score (nSPS) is 31.3. The molecule has 0 saturated carbocycles. The zero-order chi connectivity index (χ0) is 20.7. The van der Waals surface area contributed by atoms with Crippen LogP contribution in [0.2, 0.25) is 0 Å². The van der Waals surface area contributed by atoms with Gasteiger partial charge in [-0.25, -0.2) is 4.79 Å². The lowest BCUT2D eigenvalue weighted by Gasteiger charge is -2.47. The number of fused-ring (bicyclic) bond motifs is 2. The van der Waals surface area contributed by atoms with E-state index in [1.54, 1.807) is 12.1 Å². The Morgan fingerprint density at radius 2 is 1.83 bits per heavy atom. The van der Waals surface area contributed by atoms with Crippen molar-refractivity contribution >= 4 is 16.7 Å². The van der Waals surface area contributed by atoms with Crippen LogP contribution in [0.25, 0.3) is 11.0 Å². The third kappa shape index (κ3) is 3.61. The van der Waals surface area contributed by atoms with Gasteiger partial charge in [0.1, 0.15) is 23.9 Å². The molecule has 0 radical (unpaired) electrons. The fraction of sp³-hybridized carbons (Fsp3) is 0.348. The number of aliphatic hydroxyl groups excluding tert-OH is 1. The number of benzene rings is 2. The van der Waals surface area contributed by atoms with Crippen LogP contribution < -0.4 is 10.9 Å². The van der Waals surface area contributed by atoms with Crippen molar-refractivity contribution < 1.29 is 23.7 Å². The van der Waals surface area contributed by atoms with Gasteiger partial charge in [-0.3, -0.25) is 0 Å². The zero-order valence-electron chi connectivity index (χ0n) is 16.4. The molecule has 3 aromatic rings. The highest BCUT2D eigenvalue weighted by atomic mass is 16.7. The van der Waals surface area contributed by atoms with Crippen molar-refractivity contribution in [3.05, 3.63) is 76.6 Å².